The topological polar surface area (TPSA) is 117 Å². The van der Waals surface area contributed by atoms with E-state index in [4.69, 9.17) is 0 Å². The first-order valence-electron chi connectivity index (χ1n) is 7.32. The van der Waals surface area contributed by atoms with Crippen molar-refractivity contribution < 1.29 is 14.7 Å². The van der Waals surface area contributed by atoms with Crippen molar-refractivity contribution in [2.24, 2.45) is 11.0 Å². The van der Waals surface area contributed by atoms with Crippen molar-refractivity contribution in [3.05, 3.63) is 48.0 Å². The Kier molecular flexibility index (Phi) is 4.19. The van der Waals surface area contributed by atoms with Crippen molar-refractivity contribution in [3.63, 3.8) is 0 Å². The second kappa shape index (κ2) is 6.45. The minimum Gasteiger partial charge on any atom is -0.506 e. The Bertz CT molecular complexity index is 820. The fourth-order valence-corrected chi connectivity index (χ4v) is 2.40. The number of hydrazone groups is 1. The van der Waals surface area contributed by atoms with Crippen LogP contribution in [0.4, 0.5) is 5.69 Å². The molecule has 0 saturated carbocycles. The predicted octanol–water partition coefficient (Wildman–Crippen LogP) is 1.29. The smallest absolute Gasteiger partial charge is 0.275 e. The molecule has 2 aromatic rings. The summed E-state index contributed by atoms with van der Waals surface area (Å²) in [6, 6.07) is 4.79. The molecule has 3 rings (SSSR count). The van der Waals surface area contributed by atoms with E-state index >= 15 is 0 Å². The van der Waals surface area contributed by atoms with Crippen molar-refractivity contribution in [1.29, 1.82) is 0 Å². The van der Waals surface area contributed by atoms with Gasteiger partial charge in [-0.2, -0.15) is 5.10 Å². The van der Waals surface area contributed by atoms with Crippen LogP contribution in [0.15, 0.2) is 41.9 Å². The number of nitrogens with zero attached hydrogens (tertiary/aromatic N) is 3. The zero-order valence-electron chi connectivity index (χ0n) is 12.9. The first kappa shape index (κ1) is 15.6. The number of hydrogen-bond acceptors (Lipinski definition) is 6. The lowest BCUT2D eigenvalue weighted by Crippen LogP contribution is -2.31. The third-order valence-corrected chi connectivity index (χ3v) is 3.60. The van der Waals surface area contributed by atoms with E-state index in [0.29, 0.717) is 17.7 Å². The Morgan fingerprint density at radius 1 is 1.38 bits per heavy atom. The molecular weight excluding hydrogens is 310 g/mol. The number of hydrogen-bond donors (Lipinski definition) is 3. The lowest BCUT2D eigenvalue weighted by Gasteiger charge is -2.19. The zero-order valence-corrected chi connectivity index (χ0v) is 12.9. The van der Waals surface area contributed by atoms with Crippen molar-refractivity contribution >= 4 is 23.2 Å². The minimum absolute atomic E-state index is 0.0572. The minimum atomic E-state index is -0.471. The standard InChI is InChI=1S/C16H15N5O3/c1-9-6-14(23)20-21-15(9)10-2-3-11(13(22)7-10)19-16(24)12-8-17-4-5-18-12/h2-5,7-9,22H,6H2,1H3,(H,19,24)(H,20,23). The number of amides is 2. The summed E-state index contributed by atoms with van der Waals surface area (Å²) in [5.41, 5.74) is 4.19. The third kappa shape index (κ3) is 3.22. The maximum absolute atomic E-state index is 12.0. The highest BCUT2D eigenvalue weighted by molar-refractivity contribution is 6.07. The van der Waals surface area contributed by atoms with Crippen LogP contribution in [0.5, 0.6) is 5.75 Å². The molecule has 1 aromatic heterocycles. The molecule has 1 aliphatic rings. The fraction of sp³-hybridized carbons (Fsp3) is 0.188. The molecule has 8 heteroatoms. The van der Waals surface area contributed by atoms with Crippen molar-refractivity contribution in [2.45, 2.75) is 13.3 Å². The third-order valence-electron chi connectivity index (χ3n) is 3.60. The number of phenols is 1. The van der Waals surface area contributed by atoms with Crippen molar-refractivity contribution in [2.75, 3.05) is 5.32 Å². The molecule has 8 nitrogen and oxygen atoms in total. The first-order chi connectivity index (χ1) is 11.5. The number of nitrogens with one attached hydrogen (secondary N) is 2. The lowest BCUT2D eigenvalue weighted by molar-refractivity contribution is -0.121. The van der Waals surface area contributed by atoms with E-state index in [1.165, 1.54) is 24.7 Å². The largest absolute Gasteiger partial charge is 0.506 e. The number of carbonyl (C=O) groups is 2. The molecule has 3 N–H and O–H groups in total. The Morgan fingerprint density at radius 3 is 2.88 bits per heavy atom. The summed E-state index contributed by atoms with van der Waals surface area (Å²) >= 11 is 0. The van der Waals surface area contributed by atoms with Gasteiger partial charge in [0.25, 0.3) is 5.91 Å². The molecule has 0 aliphatic carbocycles. The van der Waals surface area contributed by atoms with Crippen LogP contribution in [0.1, 0.15) is 29.4 Å². The maximum atomic E-state index is 12.0. The van der Waals surface area contributed by atoms with Gasteiger partial charge in [0.2, 0.25) is 5.91 Å². The molecule has 0 radical (unpaired) electrons. The molecular formula is C16H15N5O3. The van der Waals surface area contributed by atoms with Crippen LogP contribution >= 0.6 is 0 Å². The number of aromatic hydroxyl groups is 1. The van der Waals surface area contributed by atoms with Crippen LogP contribution in [0.3, 0.4) is 0 Å². The molecule has 0 saturated heterocycles. The van der Waals surface area contributed by atoms with Crippen LogP contribution in [0.25, 0.3) is 0 Å². The van der Waals surface area contributed by atoms with Crippen LogP contribution < -0.4 is 10.7 Å². The molecule has 0 fully saturated rings. The van der Waals surface area contributed by atoms with Gasteiger partial charge < -0.3 is 10.4 Å². The fourth-order valence-electron chi connectivity index (χ4n) is 2.40. The summed E-state index contributed by atoms with van der Waals surface area (Å²) in [4.78, 5) is 31.1. The Morgan fingerprint density at radius 2 is 2.21 bits per heavy atom. The number of carbonyl (C=O) groups excluding carboxylic acids is 2. The monoisotopic (exact) mass is 325 g/mol. The van der Waals surface area contributed by atoms with Crippen LogP contribution in [0.2, 0.25) is 0 Å². The van der Waals surface area contributed by atoms with E-state index in [1.807, 2.05) is 6.92 Å². The van der Waals surface area contributed by atoms with Gasteiger partial charge in [-0.15, -0.1) is 0 Å². The van der Waals surface area contributed by atoms with Crippen molar-refractivity contribution in [1.82, 2.24) is 15.4 Å². The zero-order chi connectivity index (χ0) is 17.1. The summed E-state index contributed by atoms with van der Waals surface area (Å²) in [5, 5.41) is 16.8. The number of phenolic OH excluding ortho intramolecular Hbond substituents is 1. The van der Waals surface area contributed by atoms with Gasteiger partial charge in [-0.25, -0.2) is 10.4 Å². The summed E-state index contributed by atoms with van der Waals surface area (Å²) in [6.07, 6.45) is 4.55. The number of aromatic nitrogens is 2. The van der Waals surface area contributed by atoms with Gasteiger partial charge in [-0.3, -0.25) is 14.6 Å². The Balaban J connectivity index is 1.80. The summed E-state index contributed by atoms with van der Waals surface area (Å²) in [5.74, 6) is -0.764. The van der Waals surface area contributed by atoms with Gasteiger partial charge in [0.1, 0.15) is 11.4 Å². The normalized spacial score (nSPS) is 17.0. The van der Waals surface area contributed by atoms with E-state index in [0.717, 1.165) is 0 Å². The summed E-state index contributed by atoms with van der Waals surface area (Å²) in [6.45, 7) is 1.89. The molecule has 2 amide bonds. The average molecular weight is 325 g/mol. The number of rotatable bonds is 3. The van der Waals surface area contributed by atoms with Gasteiger partial charge in [0, 0.05) is 30.3 Å². The van der Waals surface area contributed by atoms with Gasteiger partial charge in [0.05, 0.1) is 17.6 Å². The molecule has 0 spiro atoms. The lowest BCUT2D eigenvalue weighted by atomic mass is 9.94. The highest BCUT2D eigenvalue weighted by Gasteiger charge is 2.22. The first-order valence-corrected chi connectivity index (χ1v) is 7.32. The predicted molar refractivity (Wildman–Crippen MR) is 86.6 cm³/mol. The quantitative estimate of drug-likeness (QED) is 0.735. The van der Waals surface area contributed by atoms with E-state index in [1.54, 1.807) is 12.1 Å². The van der Waals surface area contributed by atoms with Gasteiger partial charge in [0.15, 0.2) is 0 Å². The van der Waals surface area contributed by atoms with Crippen LogP contribution in [-0.4, -0.2) is 32.6 Å². The molecule has 1 unspecified atom stereocenters. The average Bonchev–Trinajstić information content (AvgIpc) is 2.57. The summed E-state index contributed by atoms with van der Waals surface area (Å²) < 4.78 is 0. The van der Waals surface area contributed by atoms with E-state index in [9.17, 15) is 14.7 Å². The Hall–Kier alpha value is -3.29. The second-order valence-electron chi connectivity index (χ2n) is 5.41. The summed E-state index contributed by atoms with van der Waals surface area (Å²) in [7, 11) is 0. The SMILES string of the molecule is CC1CC(=O)NN=C1c1ccc(NC(=O)c2cnccn2)c(O)c1. The van der Waals surface area contributed by atoms with Crippen LogP contribution in [0, 0.1) is 5.92 Å². The van der Waals surface area contributed by atoms with E-state index in [-0.39, 0.29) is 29.0 Å². The highest BCUT2D eigenvalue weighted by Crippen LogP contribution is 2.27. The van der Waals surface area contributed by atoms with E-state index in [2.05, 4.69) is 25.8 Å². The van der Waals surface area contributed by atoms with Gasteiger partial charge in [-0.1, -0.05) is 13.0 Å². The molecule has 1 aromatic carbocycles. The number of benzene rings is 1. The van der Waals surface area contributed by atoms with Gasteiger partial charge >= 0.3 is 0 Å². The van der Waals surface area contributed by atoms with Crippen molar-refractivity contribution in [3.8, 4) is 5.75 Å². The molecule has 1 aliphatic heterocycles. The van der Waals surface area contributed by atoms with Gasteiger partial charge in [-0.05, 0) is 12.1 Å². The second-order valence-corrected chi connectivity index (χ2v) is 5.41. The molecule has 1 atom stereocenters. The molecule has 24 heavy (non-hydrogen) atoms. The molecule has 122 valence electrons. The molecule has 0 bridgehead atoms. The van der Waals surface area contributed by atoms with E-state index < -0.39 is 5.91 Å². The molecule has 2 heterocycles. The maximum Gasteiger partial charge on any atom is 0.275 e. The Labute approximate surface area is 137 Å². The van der Waals surface area contributed by atoms with Crippen LogP contribution in [-0.2, 0) is 4.79 Å². The highest BCUT2D eigenvalue weighted by atomic mass is 16.3. The number of anilines is 1.